The first-order valence-electron chi connectivity index (χ1n) is 13.8. The third-order valence-electron chi connectivity index (χ3n) is 7.62. The summed E-state index contributed by atoms with van der Waals surface area (Å²) in [6.45, 7) is 9.55. The van der Waals surface area contributed by atoms with Gasteiger partial charge in [0.05, 0.1) is 37.4 Å². The van der Waals surface area contributed by atoms with Crippen molar-refractivity contribution in [2.24, 2.45) is 5.92 Å². The zero-order valence-electron chi connectivity index (χ0n) is 23.8. The molecule has 10 nitrogen and oxygen atoms in total. The predicted molar refractivity (Wildman–Crippen MR) is 145 cm³/mol. The molecule has 9 atom stereocenters. The molecule has 0 radical (unpaired) electrons. The molecule has 2 amide bonds. The first kappa shape index (κ1) is 31.0. The Morgan fingerprint density at radius 1 is 1.18 bits per heavy atom. The fraction of sp³-hybridized carbons (Fsp3) is 0.690. The number of aliphatic hydroxyl groups is 1. The molecule has 0 saturated carbocycles. The highest BCUT2D eigenvalue weighted by Crippen LogP contribution is 2.43. The Hall–Kier alpha value is -2.53. The van der Waals surface area contributed by atoms with Crippen LogP contribution in [-0.4, -0.2) is 84.8 Å². The summed E-state index contributed by atoms with van der Waals surface area (Å²) in [5.74, 6) is -0.517. The highest BCUT2D eigenvalue weighted by Gasteiger charge is 2.58. The minimum absolute atomic E-state index is 0.00706. The van der Waals surface area contributed by atoms with Crippen LogP contribution in [0, 0.1) is 5.92 Å². The number of amides is 2. The number of aliphatic hydroxyl groups excluding tert-OH is 1. The van der Waals surface area contributed by atoms with Crippen LogP contribution in [0.4, 0.5) is 0 Å². The molecule has 1 spiro atoms. The Balaban J connectivity index is 1.50. The standard InChI is InChI=1S/C29H44N2O8/c1-17(8-11-25-28(35)29(16-36-29)15-22(39-25)14-27(34)30-6)7-10-24-18(2)13-23(20(4)38-24)31-26(33)12-9-19(3)37-21(5)32/h7-9,11-12,18-20,22-25,28,35H,10,13-16H2,1-6H3,(H,30,34)(H,31,33)/b11-8+,12-9-,17-7+/t18-,19-,20+,22+,23+,24-,25+,28+,29+/m0/s1. The van der Waals surface area contributed by atoms with Gasteiger partial charge >= 0.3 is 5.97 Å². The number of nitrogens with one attached hydrogen (secondary N) is 2. The lowest BCUT2D eigenvalue weighted by molar-refractivity contribution is -0.145. The molecule has 3 saturated heterocycles. The number of esters is 1. The number of rotatable bonds is 10. The third-order valence-corrected chi connectivity index (χ3v) is 7.62. The molecular formula is C29H44N2O8. The lowest BCUT2D eigenvalue weighted by Gasteiger charge is -2.39. The number of hydrogen-bond acceptors (Lipinski definition) is 8. The summed E-state index contributed by atoms with van der Waals surface area (Å²) in [6, 6.07) is -0.118. The molecule has 3 aliphatic rings. The quantitative estimate of drug-likeness (QED) is 0.164. The maximum absolute atomic E-state index is 12.3. The molecule has 0 unspecified atom stereocenters. The van der Waals surface area contributed by atoms with Gasteiger partial charge in [-0.15, -0.1) is 0 Å². The van der Waals surface area contributed by atoms with Crippen molar-refractivity contribution in [1.82, 2.24) is 10.6 Å². The second-order valence-electron chi connectivity index (χ2n) is 11.0. The van der Waals surface area contributed by atoms with E-state index in [1.165, 1.54) is 13.0 Å². The van der Waals surface area contributed by atoms with E-state index in [9.17, 15) is 19.5 Å². The summed E-state index contributed by atoms with van der Waals surface area (Å²) in [5, 5.41) is 16.4. The van der Waals surface area contributed by atoms with Crippen LogP contribution < -0.4 is 10.6 Å². The van der Waals surface area contributed by atoms with Gasteiger partial charge in [-0.2, -0.15) is 0 Å². The van der Waals surface area contributed by atoms with E-state index in [-0.39, 0.29) is 48.5 Å². The second-order valence-corrected chi connectivity index (χ2v) is 11.0. The molecule has 3 aliphatic heterocycles. The van der Waals surface area contributed by atoms with Gasteiger partial charge in [0.1, 0.15) is 23.9 Å². The first-order valence-corrected chi connectivity index (χ1v) is 13.8. The number of hydrogen-bond donors (Lipinski definition) is 3. The SMILES string of the molecule is CNC(=O)C[C@@H]1C[C@@]2(CO2)[C@H](O)[C@@H](/C=C/C(C)=C/C[C@@H]2O[C@H](C)[C@H](NC(=O)/C=C\[C@H](C)OC(C)=O)C[C@@H]2C)O1. The van der Waals surface area contributed by atoms with E-state index in [1.54, 1.807) is 20.0 Å². The van der Waals surface area contributed by atoms with Crippen LogP contribution in [0.25, 0.3) is 0 Å². The van der Waals surface area contributed by atoms with Crippen LogP contribution in [0.1, 0.15) is 60.3 Å². The minimum atomic E-state index is -0.781. The molecule has 0 aromatic rings. The number of carbonyl (C=O) groups excluding carboxylic acids is 3. The first-order chi connectivity index (χ1) is 18.4. The van der Waals surface area contributed by atoms with Gasteiger partial charge in [-0.1, -0.05) is 30.7 Å². The Morgan fingerprint density at radius 3 is 2.54 bits per heavy atom. The Bertz CT molecular complexity index is 972. The minimum Gasteiger partial charge on any atom is -0.459 e. The molecule has 3 rings (SSSR count). The number of ether oxygens (including phenoxy) is 4. The molecule has 3 fully saturated rings. The topological polar surface area (TPSA) is 136 Å². The summed E-state index contributed by atoms with van der Waals surface area (Å²) in [6.07, 6.45) is 8.76. The van der Waals surface area contributed by atoms with Gasteiger partial charge in [0.15, 0.2) is 0 Å². The predicted octanol–water partition coefficient (Wildman–Crippen LogP) is 2.11. The van der Waals surface area contributed by atoms with E-state index < -0.39 is 29.9 Å². The largest absolute Gasteiger partial charge is 0.459 e. The van der Waals surface area contributed by atoms with Crippen molar-refractivity contribution < 1.29 is 38.4 Å². The monoisotopic (exact) mass is 548 g/mol. The van der Waals surface area contributed by atoms with Crippen molar-refractivity contribution in [3.8, 4) is 0 Å². The highest BCUT2D eigenvalue weighted by molar-refractivity contribution is 5.87. The fourth-order valence-electron chi connectivity index (χ4n) is 5.20. The van der Waals surface area contributed by atoms with Crippen LogP contribution in [0.15, 0.2) is 36.0 Å². The molecular weight excluding hydrogens is 504 g/mol. The molecule has 0 aromatic heterocycles. The zero-order chi connectivity index (χ0) is 28.7. The van der Waals surface area contributed by atoms with E-state index in [0.717, 1.165) is 12.0 Å². The van der Waals surface area contributed by atoms with Gasteiger partial charge in [0.25, 0.3) is 0 Å². The van der Waals surface area contributed by atoms with Crippen molar-refractivity contribution in [1.29, 1.82) is 0 Å². The smallest absolute Gasteiger partial charge is 0.303 e. The average Bonchev–Trinajstić information content (AvgIpc) is 3.64. The van der Waals surface area contributed by atoms with E-state index in [2.05, 4.69) is 23.6 Å². The molecule has 0 aromatic carbocycles. The van der Waals surface area contributed by atoms with Crippen molar-refractivity contribution in [3.05, 3.63) is 36.0 Å². The molecule has 39 heavy (non-hydrogen) atoms. The van der Waals surface area contributed by atoms with Crippen LogP contribution in [-0.2, 0) is 33.3 Å². The summed E-state index contributed by atoms with van der Waals surface area (Å²) in [4.78, 5) is 35.2. The van der Waals surface area contributed by atoms with Crippen LogP contribution in [0.2, 0.25) is 0 Å². The summed E-state index contributed by atoms with van der Waals surface area (Å²) in [5.41, 5.74) is 0.392. The zero-order valence-corrected chi connectivity index (χ0v) is 23.8. The Kier molecular flexibility index (Phi) is 10.9. The van der Waals surface area contributed by atoms with Crippen LogP contribution in [0.5, 0.6) is 0 Å². The van der Waals surface area contributed by atoms with Gasteiger partial charge in [0.2, 0.25) is 11.8 Å². The third kappa shape index (κ3) is 8.99. The lowest BCUT2D eigenvalue weighted by Crippen LogP contribution is -2.50. The molecule has 0 aliphatic carbocycles. The van der Waals surface area contributed by atoms with Crippen LogP contribution in [0.3, 0.4) is 0 Å². The fourth-order valence-corrected chi connectivity index (χ4v) is 5.20. The molecule has 10 heteroatoms. The van der Waals surface area contributed by atoms with Crippen molar-refractivity contribution in [2.45, 2.75) is 109 Å². The van der Waals surface area contributed by atoms with Gasteiger partial charge in [-0.05, 0) is 45.6 Å². The molecule has 3 heterocycles. The lowest BCUT2D eigenvalue weighted by atomic mass is 9.87. The Labute approximate surface area is 231 Å². The van der Waals surface area contributed by atoms with E-state index in [4.69, 9.17) is 18.9 Å². The Morgan fingerprint density at radius 2 is 1.90 bits per heavy atom. The van der Waals surface area contributed by atoms with Crippen molar-refractivity contribution in [2.75, 3.05) is 13.7 Å². The second kappa shape index (κ2) is 13.7. The van der Waals surface area contributed by atoms with E-state index >= 15 is 0 Å². The van der Waals surface area contributed by atoms with Crippen LogP contribution >= 0.6 is 0 Å². The normalized spacial score (nSPS) is 35.7. The maximum atomic E-state index is 12.3. The van der Waals surface area contributed by atoms with Gasteiger partial charge in [0, 0.05) is 26.5 Å². The van der Waals surface area contributed by atoms with Gasteiger partial charge in [-0.3, -0.25) is 14.4 Å². The summed E-state index contributed by atoms with van der Waals surface area (Å²) >= 11 is 0. The summed E-state index contributed by atoms with van der Waals surface area (Å²) < 4.78 is 22.9. The van der Waals surface area contributed by atoms with Crippen molar-refractivity contribution in [3.63, 3.8) is 0 Å². The van der Waals surface area contributed by atoms with E-state index in [1.807, 2.05) is 26.0 Å². The van der Waals surface area contributed by atoms with Crippen molar-refractivity contribution >= 4 is 17.8 Å². The number of allylic oxidation sites excluding steroid dienone is 2. The maximum Gasteiger partial charge on any atom is 0.303 e. The highest BCUT2D eigenvalue weighted by atomic mass is 16.6. The molecule has 0 bridgehead atoms. The molecule has 218 valence electrons. The number of carbonyl (C=O) groups is 3. The van der Waals surface area contributed by atoms with E-state index in [0.29, 0.717) is 19.4 Å². The van der Waals surface area contributed by atoms with Gasteiger partial charge in [-0.25, -0.2) is 0 Å². The number of epoxide rings is 1. The summed E-state index contributed by atoms with van der Waals surface area (Å²) in [7, 11) is 1.59. The van der Waals surface area contributed by atoms with Gasteiger partial charge < -0.3 is 34.7 Å². The molecule has 3 N–H and O–H groups in total. The average molecular weight is 549 g/mol.